The van der Waals surface area contributed by atoms with Crippen LogP contribution in [0.15, 0.2) is 71.0 Å². The van der Waals surface area contributed by atoms with Gasteiger partial charge in [0.2, 0.25) is 0 Å². The zero-order valence-electron chi connectivity index (χ0n) is 26.1. The van der Waals surface area contributed by atoms with E-state index in [0.29, 0.717) is 35.8 Å². The lowest BCUT2D eigenvalue weighted by atomic mass is 10.0. The Balaban J connectivity index is 1.37. The van der Waals surface area contributed by atoms with E-state index in [9.17, 15) is 4.79 Å². The summed E-state index contributed by atoms with van der Waals surface area (Å²) < 4.78 is 18.0. The molecule has 0 spiro atoms. The summed E-state index contributed by atoms with van der Waals surface area (Å²) in [5.74, 6) is -0.315. The molecule has 0 radical (unpaired) electrons. The predicted octanol–water partition coefficient (Wildman–Crippen LogP) is 5.13. The number of piperazine rings is 1. The van der Waals surface area contributed by atoms with E-state index in [0.717, 1.165) is 87.4 Å². The normalized spacial score (nSPS) is 20.0. The lowest BCUT2D eigenvalue weighted by molar-refractivity contribution is 0.104. The maximum absolute atomic E-state index is 15.7. The molecule has 44 heavy (non-hydrogen) atoms. The number of piperidine rings is 1. The van der Waals surface area contributed by atoms with Gasteiger partial charge in [-0.25, -0.2) is 4.39 Å². The maximum Gasteiger partial charge on any atom is 0.193 e. The zero-order valence-corrected chi connectivity index (χ0v) is 26.1. The number of hydrogen-bond donors (Lipinski definition) is 0. The van der Waals surface area contributed by atoms with E-state index in [4.69, 9.17) is 0 Å². The van der Waals surface area contributed by atoms with Crippen molar-refractivity contribution in [2.45, 2.75) is 57.8 Å². The minimum absolute atomic E-state index is 0.0770. The van der Waals surface area contributed by atoms with Crippen molar-refractivity contribution >= 4 is 23.3 Å². The molecule has 9 heteroatoms. The van der Waals surface area contributed by atoms with Crippen LogP contribution < -0.4 is 10.3 Å². The second-order valence-corrected chi connectivity index (χ2v) is 12.6. The van der Waals surface area contributed by atoms with Crippen molar-refractivity contribution in [2.24, 2.45) is 4.99 Å². The lowest BCUT2D eigenvalue weighted by Gasteiger charge is -2.41. The molecule has 3 aliphatic rings. The van der Waals surface area contributed by atoms with E-state index in [1.807, 2.05) is 25.3 Å². The van der Waals surface area contributed by atoms with Crippen molar-refractivity contribution in [3.8, 4) is 0 Å². The highest BCUT2D eigenvalue weighted by Gasteiger charge is 2.30. The minimum atomic E-state index is -0.315. The van der Waals surface area contributed by atoms with Crippen molar-refractivity contribution in [2.75, 3.05) is 51.2 Å². The molecular formula is C35H44FN7O. The first-order chi connectivity index (χ1) is 21.3. The number of likely N-dealkylation sites (N-methyl/N-ethyl adjacent to an activating group) is 1. The lowest BCUT2D eigenvalue weighted by Crippen LogP contribution is -2.47. The third kappa shape index (κ3) is 6.49. The monoisotopic (exact) mass is 597 g/mol. The molecule has 1 atom stereocenters. The number of aromatic nitrogens is 2. The number of anilines is 1. The van der Waals surface area contributed by atoms with Gasteiger partial charge in [0.15, 0.2) is 5.43 Å². The molecule has 1 aromatic carbocycles. The summed E-state index contributed by atoms with van der Waals surface area (Å²) in [6, 6.07) is 8.13. The van der Waals surface area contributed by atoms with Gasteiger partial charge in [0, 0.05) is 99.7 Å². The number of halogens is 1. The van der Waals surface area contributed by atoms with Gasteiger partial charge in [-0.3, -0.25) is 19.7 Å². The Bertz CT molecular complexity index is 1620. The summed E-state index contributed by atoms with van der Waals surface area (Å²) in [6.07, 6.45) is 11.7. The molecule has 3 fully saturated rings. The number of likely N-dealkylation sites (tertiary alicyclic amines) is 1. The fourth-order valence-corrected chi connectivity index (χ4v) is 6.79. The van der Waals surface area contributed by atoms with Gasteiger partial charge in [-0.05, 0) is 82.3 Å². The van der Waals surface area contributed by atoms with Crippen molar-refractivity contribution < 1.29 is 4.39 Å². The number of nitrogens with zero attached hydrogens (tertiary/aromatic N) is 7. The molecule has 8 nitrogen and oxygen atoms in total. The molecule has 2 saturated heterocycles. The Kier molecular flexibility index (Phi) is 8.96. The van der Waals surface area contributed by atoms with E-state index in [1.165, 1.54) is 6.07 Å². The number of benzene rings is 1. The van der Waals surface area contributed by atoms with Crippen LogP contribution in [-0.4, -0.2) is 83.3 Å². The van der Waals surface area contributed by atoms with Crippen LogP contribution in [0.2, 0.25) is 0 Å². The number of aliphatic imine (C=N–C) groups is 1. The third-order valence-electron chi connectivity index (χ3n) is 9.39. The van der Waals surface area contributed by atoms with Crippen LogP contribution in [-0.2, 0) is 13.1 Å². The molecule has 2 aliphatic heterocycles. The highest BCUT2D eigenvalue weighted by atomic mass is 19.1. The Morgan fingerprint density at radius 2 is 1.93 bits per heavy atom. The van der Waals surface area contributed by atoms with E-state index >= 15 is 4.39 Å². The highest BCUT2D eigenvalue weighted by molar-refractivity contribution is 5.84. The van der Waals surface area contributed by atoms with Crippen LogP contribution in [0.4, 0.5) is 10.1 Å². The van der Waals surface area contributed by atoms with E-state index in [-0.39, 0.29) is 17.3 Å². The predicted molar refractivity (Wildman–Crippen MR) is 177 cm³/mol. The van der Waals surface area contributed by atoms with Gasteiger partial charge in [0.1, 0.15) is 5.82 Å². The first kappa shape index (κ1) is 30.2. The maximum atomic E-state index is 15.7. The average Bonchev–Trinajstić information content (AvgIpc) is 3.87. The molecule has 1 aliphatic carbocycles. The second-order valence-electron chi connectivity index (χ2n) is 12.6. The molecule has 0 unspecified atom stereocenters. The van der Waals surface area contributed by atoms with Crippen molar-refractivity contribution in [3.05, 3.63) is 94.1 Å². The molecule has 0 bridgehead atoms. The average molecular weight is 598 g/mol. The molecule has 0 N–H and O–H groups in total. The van der Waals surface area contributed by atoms with E-state index < -0.39 is 0 Å². The fraction of sp³-hybridized carbons (Fsp3) is 0.457. The Labute approximate surface area is 259 Å². The first-order valence-corrected chi connectivity index (χ1v) is 15.8. The van der Waals surface area contributed by atoms with E-state index in [1.54, 1.807) is 6.20 Å². The van der Waals surface area contributed by atoms with Gasteiger partial charge >= 0.3 is 0 Å². The van der Waals surface area contributed by atoms with Crippen molar-refractivity contribution in [1.82, 2.24) is 24.3 Å². The van der Waals surface area contributed by atoms with Crippen molar-refractivity contribution in [3.63, 3.8) is 0 Å². The molecule has 0 amide bonds. The molecule has 3 aromatic rings. The molecular weight excluding hydrogens is 553 g/mol. The minimum Gasteiger partial charge on any atom is -0.369 e. The van der Waals surface area contributed by atoms with E-state index in [2.05, 4.69) is 72.8 Å². The van der Waals surface area contributed by atoms with Crippen LogP contribution >= 0.6 is 0 Å². The van der Waals surface area contributed by atoms with Gasteiger partial charge < -0.3 is 19.3 Å². The number of rotatable bonds is 10. The summed E-state index contributed by atoms with van der Waals surface area (Å²) in [7, 11) is 2.10. The van der Waals surface area contributed by atoms with Crippen LogP contribution in [0.5, 0.6) is 0 Å². The number of aryl methyl sites for hydroxylation is 1. The molecule has 4 heterocycles. The number of pyridine rings is 2. The summed E-state index contributed by atoms with van der Waals surface area (Å²) in [4.78, 5) is 31.6. The number of fused-ring (bicyclic) bond motifs is 1. The zero-order chi connectivity index (χ0) is 30.8. The SMILES string of the molecule is C=C/C(=C\N=C)N1CCC[C@H](N(Cc2ccnc(C)c2)Cc2cn(C3CC3)c3cc(N4CCN(C)CC4)c(F)cc3c2=O)C1. The first-order valence-electron chi connectivity index (χ1n) is 15.8. The van der Waals surface area contributed by atoms with Crippen LogP contribution in [0, 0.1) is 12.7 Å². The molecule has 232 valence electrons. The van der Waals surface area contributed by atoms with Crippen LogP contribution in [0.3, 0.4) is 0 Å². The summed E-state index contributed by atoms with van der Waals surface area (Å²) in [6.45, 7) is 15.9. The fourth-order valence-electron chi connectivity index (χ4n) is 6.79. The van der Waals surface area contributed by atoms with Gasteiger partial charge in [-0.2, -0.15) is 0 Å². The molecule has 1 saturated carbocycles. The Hall–Kier alpha value is -3.82. The highest BCUT2D eigenvalue weighted by Crippen LogP contribution is 2.38. The topological polar surface area (TPSA) is 60.2 Å². The van der Waals surface area contributed by atoms with Gasteiger partial charge in [0.05, 0.1) is 16.9 Å². The third-order valence-corrected chi connectivity index (χ3v) is 9.39. The van der Waals surface area contributed by atoms with Gasteiger partial charge in [-0.15, -0.1) is 0 Å². The number of hydrogen-bond acceptors (Lipinski definition) is 7. The van der Waals surface area contributed by atoms with Gasteiger partial charge in [-0.1, -0.05) is 6.58 Å². The quantitative estimate of drug-likeness (QED) is 0.239. The molecule has 2 aromatic heterocycles. The van der Waals surface area contributed by atoms with Gasteiger partial charge in [0.25, 0.3) is 0 Å². The largest absolute Gasteiger partial charge is 0.369 e. The number of allylic oxidation sites excluding steroid dienone is 1. The Morgan fingerprint density at radius 3 is 2.64 bits per heavy atom. The summed E-state index contributed by atoms with van der Waals surface area (Å²) in [5, 5.41) is 0.476. The summed E-state index contributed by atoms with van der Waals surface area (Å²) >= 11 is 0. The van der Waals surface area contributed by atoms with Crippen molar-refractivity contribution in [1.29, 1.82) is 0 Å². The van der Waals surface area contributed by atoms with Crippen LogP contribution in [0.25, 0.3) is 10.9 Å². The smallest absolute Gasteiger partial charge is 0.193 e. The summed E-state index contributed by atoms with van der Waals surface area (Å²) in [5.41, 5.74) is 5.16. The standard InChI is InChI=1S/C35H44FN7O/c1-5-28(20-37-3)41-12-6-7-30(24-41)42(21-26-10-11-38-25(2)17-26)22-27-23-43(29-8-9-29)33-19-34(32(36)18-31(33)35(27)44)40-15-13-39(4)14-16-40/h5,10-11,17-20,23,29-30H,1,3,6-9,12-16,21-22,24H2,2,4H3/b28-20+/t30-/m0/s1. The van der Waals surface area contributed by atoms with Crippen LogP contribution in [0.1, 0.15) is 48.5 Å². The molecule has 6 rings (SSSR count). The second kappa shape index (κ2) is 13.0. The Morgan fingerprint density at radius 1 is 1.14 bits per heavy atom.